The summed E-state index contributed by atoms with van der Waals surface area (Å²) in [5.74, 6) is 0.402. The number of hydrogen-bond donors (Lipinski definition) is 0. The molecule has 5 nitrogen and oxygen atoms in total. The fourth-order valence-electron chi connectivity index (χ4n) is 4.23. The molecule has 2 heterocycles. The van der Waals surface area contributed by atoms with Crippen LogP contribution in [0, 0.1) is 0 Å². The van der Waals surface area contributed by atoms with Gasteiger partial charge in [-0.05, 0) is 29.4 Å². The Kier molecular flexibility index (Phi) is 4.23. The van der Waals surface area contributed by atoms with E-state index in [0.717, 1.165) is 34.6 Å². The van der Waals surface area contributed by atoms with Crippen molar-refractivity contribution in [2.75, 3.05) is 0 Å². The van der Waals surface area contributed by atoms with Crippen molar-refractivity contribution in [1.29, 1.82) is 0 Å². The number of ketones is 1. The van der Waals surface area contributed by atoms with Gasteiger partial charge in [-0.25, -0.2) is 4.52 Å². The maximum atomic E-state index is 12.9. The molecule has 29 heavy (non-hydrogen) atoms. The minimum Gasteiger partial charge on any atom is -0.292 e. The maximum Gasteiger partial charge on any atom is 0.185 e. The molecular weight excluding hydrogens is 360 g/mol. The Balaban J connectivity index is 1.72. The molecule has 0 spiro atoms. The monoisotopic (exact) mass is 382 g/mol. The van der Waals surface area contributed by atoms with E-state index in [4.69, 9.17) is 5.10 Å². The van der Waals surface area contributed by atoms with Crippen LogP contribution in [0.4, 0.5) is 0 Å². The Morgan fingerprint density at radius 1 is 0.931 bits per heavy atom. The third-order valence-electron chi connectivity index (χ3n) is 5.68. The Bertz CT molecular complexity index is 1200. The van der Waals surface area contributed by atoms with Gasteiger partial charge in [0.2, 0.25) is 0 Å². The molecule has 4 aromatic rings. The van der Waals surface area contributed by atoms with E-state index in [0.29, 0.717) is 12.1 Å². The number of hydrogen-bond acceptors (Lipinski definition) is 4. The molecule has 2 aromatic heterocycles. The number of rotatable bonds is 3. The fraction of sp³-hybridized carbons (Fsp3) is 0.250. The van der Waals surface area contributed by atoms with Crippen molar-refractivity contribution in [1.82, 2.24) is 19.8 Å². The van der Waals surface area contributed by atoms with Crippen molar-refractivity contribution in [2.24, 2.45) is 0 Å². The Hall–Kier alpha value is -3.34. The molecule has 1 unspecified atom stereocenters. The van der Waals surface area contributed by atoms with Crippen molar-refractivity contribution in [3.05, 3.63) is 83.3 Å². The Labute approximate surface area is 169 Å². The van der Waals surface area contributed by atoms with E-state index < -0.39 is 0 Å². The first-order chi connectivity index (χ1) is 14.1. The second kappa shape index (κ2) is 6.92. The van der Waals surface area contributed by atoms with Crippen molar-refractivity contribution in [3.8, 4) is 11.1 Å². The van der Waals surface area contributed by atoms with Gasteiger partial charge >= 0.3 is 0 Å². The van der Waals surface area contributed by atoms with Gasteiger partial charge in [-0.15, -0.1) is 10.2 Å². The lowest BCUT2D eigenvalue weighted by Crippen LogP contribution is -2.24. The van der Waals surface area contributed by atoms with Gasteiger partial charge < -0.3 is 0 Å². The number of carbonyl (C=O) groups excluding carboxylic acids is 1. The van der Waals surface area contributed by atoms with Crippen LogP contribution in [0.3, 0.4) is 0 Å². The zero-order valence-corrected chi connectivity index (χ0v) is 16.5. The SMILES string of the molecule is CC(C)c1nn2c3c(nnc2c1-c1ccccc1)C(=O)CC(c1ccccc1)C3. The zero-order chi connectivity index (χ0) is 20.0. The van der Waals surface area contributed by atoms with Gasteiger partial charge in [0.1, 0.15) is 0 Å². The average molecular weight is 382 g/mol. The first-order valence-electron chi connectivity index (χ1n) is 10.0. The molecule has 0 saturated carbocycles. The Morgan fingerprint density at radius 2 is 1.62 bits per heavy atom. The predicted molar refractivity (Wildman–Crippen MR) is 112 cm³/mol. The summed E-state index contributed by atoms with van der Waals surface area (Å²) in [6, 6.07) is 20.4. The van der Waals surface area contributed by atoms with E-state index >= 15 is 0 Å². The van der Waals surface area contributed by atoms with E-state index in [-0.39, 0.29) is 17.6 Å². The second-order valence-electron chi connectivity index (χ2n) is 7.95. The molecular formula is C24H22N4O. The maximum absolute atomic E-state index is 12.9. The van der Waals surface area contributed by atoms with Crippen LogP contribution in [0.25, 0.3) is 16.8 Å². The van der Waals surface area contributed by atoms with Gasteiger partial charge in [-0.2, -0.15) is 5.10 Å². The number of benzene rings is 2. The van der Waals surface area contributed by atoms with Crippen LogP contribution in [0.5, 0.6) is 0 Å². The van der Waals surface area contributed by atoms with Crippen LogP contribution in [0.1, 0.15) is 59.5 Å². The highest BCUT2D eigenvalue weighted by atomic mass is 16.1. The van der Waals surface area contributed by atoms with Gasteiger partial charge in [0.25, 0.3) is 0 Å². The van der Waals surface area contributed by atoms with Crippen LogP contribution in [-0.2, 0) is 6.42 Å². The minimum atomic E-state index is 0.0392. The Morgan fingerprint density at radius 3 is 2.31 bits per heavy atom. The highest BCUT2D eigenvalue weighted by molar-refractivity contribution is 5.97. The molecule has 5 heteroatoms. The van der Waals surface area contributed by atoms with E-state index in [9.17, 15) is 4.79 Å². The summed E-state index contributed by atoms with van der Waals surface area (Å²) >= 11 is 0. The molecule has 0 aliphatic heterocycles. The summed E-state index contributed by atoms with van der Waals surface area (Å²) in [5.41, 5.74) is 6.28. The number of nitrogens with zero attached hydrogens (tertiary/aromatic N) is 4. The van der Waals surface area contributed by atoms with Gasteiger partial charge in [-0.1, -0.05) is 74.5 Å². The lowest BCUT2D eigenvalue weighted by Gasteiger charge is -2.23. The summed E-state index contributed by atoms with van der Waals surface area (Å²) in [6.45, 7) is 4.26. The molecule has 0 radical (unpaired) electrons. The molecule has 2 aromatic carbocycles. The van der Waals surface area contributed by atoms with Crippen LogP contribution in [-0.4, -0.2) is 25.6 Å². The van der Waals surface area contributed by atoms with Crippen LogP contribution in [0.15, 0.2) is 60.7 Å². The highest BCUT2D eigenvalue weighted by Gasteiger charge is 2.32. The van der Waals surface area contributed by atoms with Crippen molar-refractivity contribution in [3.63, 3.8) is 0 Å². The molecule has 5 rings (SSSR count). The van der Waals surface area contributed by atoms with Crippen LogP contribution < -0.4 is 0 Å². The van der Waals surface area contributed by atoms with E-state index in [1.54, 1.807) is 0 Å². The average Bonchev–Trinajstić information content (AvgIpc) is 3.15. The topological polar surface area (TPSA) is 60.1 Å². The third-order valence-corrected chi connectivity index (χ3v) is 5.68. The van der Waals surface area contributed by atoms with Gasteiger partial charge in [-0.3, -0.25) is 4.79 Å². The van der Waals surface area contributed by atoms with Crippen LogP contribution >= 0.6 is 0 Å². The smallest absolute Gasteiger partial charge is 0.185 e. The number of aromatic nitrogens is 4. The molecule has 1 atom stereocenters. The summed E-state index contributed by atoms with van der Waals surface area (Å²) in [7, 11) is 0. The minimum absolute atomic E-state index is 0.0392. The molecule has 0 N–H and O–H groups in total. The van der Waals surface area contributed by atoms with Gasteiger partial charge in [0.15, 0.2) is 17.1 Å². The zero-order valence-electron chi connectivity index (χ0n) is 16.5. The summed E-state index contributed by atoms with van der Waals surface area (Å²) in [6.07, 6.45) is 1.19. The van der Waals surface area contributed by atoms with Crippen molar-refractivity contribution < 1.29 is 4.79 Å². The highest BCUT2D eigenvalue weighted by Crippen LogP contribution is 2.36. The van der Waals surface area contributed by atoms with E-state index in [2.05, 4.69) is 48.3 Å². The normalized spacial score (nSPS) is 16.4. The molecule has 0 saturated heterocycles. The quantitative estimate of drug-likeness (QED) is 0.509. The van der Waals surface area contributed by atoms with Crippen LogP contribution in [0.2, 0.25) is 0 Å². The number of Topliss-reactive ketones (excluding diaryl/α,β-unsaturated/α-hetero) is 1. The van der Waals surface area contributed by atoms with Gasteiger partial charge in [0.05, 0.1) is 17.0 Å². The standard InChI is InChI=1S/C24H22N4O/c1-15(2)22-21(17-11-7-4-8-12-17)24-26-25-23-19(28(24)27-22)13-18(14-20(23)29)16-9-5-3-6-10-16/h3-12,15,18H,13-14H2,1-2H3. The first-order valence-corrected chi connectivity index (χ1v) is 10.0. The summed E-state index contributed by atoms with van der Waals surface area (Å²) in [4.78, 5) is 12.9. The summed E-state index contributed by atoms with van der Waals surface area (Å²) < 4.78 is 1.87. The lowest BCUT2D eigenvalue weighted by atomic mass is 9.83. The lowest BCUT2D eigenvalue weighted by molar-refractivity contribution is 0.0955. The third kappa shape index (κ3) is 2.94. The number of carbonyl (C=O) groups is 1. The van der Waals surface area contributed by atoms with Gasteiger partial charge in [0, 0.05) is 6.42 Å². The fourth-order valence-corrected chi connectivity index (χ4v) is 4.23. The van der Waals surface area contributed by atoms with E-state index in [1.807, 2.05) is 40.9 Å². The second-order valence-corrected chi connectivity index (χ2v) is 7.95. The van der Waals surface area contributed by atoms with E-state index in [1.165, 1.54) is 5.56 Å². The summed E-state index contributed by atoms with van der Waals surface area (Å²) in [5, 5.41) is 13.7. The first kappa shape index (κ1) is 17.7. The molecule has 144 valence electrons. The van der Waals surface area contributed by atoms with Crippen molar-refractivity contribution >= 4 is 11.4 Å². The largest absolute Gasteiger partial charge is 0.292 e. The molecule has 0 amide bonds. The molecule has 0 fully saturated rings. The van der Waals surface area contributed by atoms with Crippen molar-refractivity contribution in [2.45, 2.75) is 38.5 Å². The number of fused-ring (bicyclic) bond motifs is 3. The predicted octanol–water partition coefficient (Wildman–Crippen LogP) is 4.83. The molecule has 1 aliphatic rings. The molecule has 0 bridgehead atoms. The molecule has 1 aliphatic carbocycles.